The molecule has 0 rings (SSSR count). The van der Waals surface area contributed by atoms with Crippen LogP contribution in [0.3, 0.4) is 0 Å². The molecule has 0 aliphatic heterocycles. The number of rotatable bonds is 1. The molecular formula is C4H2F9NOSi. The van der Waals surface area contributed by atoms with Crippen molar-refractivity contribution in [1.29, 1.82) is 0 Å². The average molecular weight is 279 g/mol. The lowest BCUT2D eigenvalue weighted by atomic mass is 10.6. The molecule has 2 nitrogen and oxygen atoms in total. The molecule has 0 bridgehead atoms. The fourth-order valence-corrected chi connectivity index (χ4v) is 1.69. The quantitative estimate of drug-likeness (QED) is 0.573. The molecule has 96 valence electrons. The second-order valence-electron chi connectivity index (χ2n) is 2.49. The van der Waals surface area contributed by atoms with Gasteiger partial charge in [-0.15, -0.1) is 0 Å². The van der Waals surface area contributed by atoms with E-state index in [4.69, 9.17) is 0 Å². The lowest BCUT2D eigenvalue weighted by Crippen LogP contribution is -2.61. The maximum absolute atomic E-state index is 11.7. The molecule has 0 aromatic rings. The summed E-state index contributed by atoms with van der Waals surface area (Å²) in [5, 5.41) is 0. The number of halogens is 9. The summed E-state index contributed by atoms with van der Waals surface area (Å²) in [6.07, 6.45) is -5.79. The molecule has 0 aromatic carbocycles. The molecule has 0 heterocycles. The summed E-state index contributed by atoms with van der Waals surface area (Å²) in [7, 11) is -6.09. The van der Waals surface area contributed by atoms with Gasteiger partial charge in [0.2, 0.25) is 0 Å². The van der Waals surface area contributed by atoms with Gasteiger partial charge in [-0.3, -0.25) is 4.79 Å². The van der Waals surface area contributed by atoms with Crippen LogP contribution in [0.5, 0.6) is 0 Å². The highest BCUT2D eigenvalue weighted by atomic mass is 28.3. The van der Waals surface area contributed by atoms with Crippen LogP contribution in [0.25, 0.3) is 0 Å². The largest absolute Gasteiger partial charge is 0.470 e. The Morgan fingerprint density at radius 2 is 1.12 bits per heavy atom. The van der Waals surface area contributed by atoms with Gasteiger partial charge in [0.1, 0.15) is 0 Å². The van der Waals surface area contributed by atoms with Crippen molar-refractivity contribution in [3.05, 3.63) is 0 Å². The molecule has 0 aliphatic rings. The van der Waals surface area contributed by atoms with E-state index >= 15 is 0 Å². The zero-order valence-electron chi connectivity index (χ0n) is 6.89. The molecular weight excluding hydrogens is 277 g/mol. The first kappa shape index (κ1) is 15.1. The van der Waals surface area contributed by atoms with Gasteiger partial charge in [-0.2, -0.15) is 39.5 Å². The van der Waals surface area contributed by atoms with E-state index in [-0.39, 0.29) is 4.98 Å². The van der Waals surface area contributed by atoms with Crippen molar-refractivity contribution in [3.8, 4) is 0 Å². The molecule has 0 aromatic heterocycles. The van der Waals surface area contributed by atoms with Crippen molar-refractivity contribution in [2.45, 2.75) is 17.8 Å². The standard InChI is InChI=1S/C4H2F9NOSi/c5-2(6,7)1(15)14-16(3(8,9)10)4(11,12)13/h16H,(H,14,15). The molecule has 0 radical (unpaired) electrons. The molecule has 12 heteroatoms. The van der Waals surface area contributed by atoms with Gasteiger partial charge in [-0.05, 0) is 0 Å². The number of hydrogen-bond donors (Lipinski definition) is 1. The molecule has 1 amide bonds. The molecule has 1 N–H and O–H groups in total. The number of amides is 1. The molecule has 0 saturated heterocycles. The van der Waals surface area contributed by atoms with Crippen LogP contribution in [0, 0.1) is 0 Å². The van der Waals surface area contributed by atoms with Crippen LogP contribution in [0.2, 0.25) is 0 Å². The van der Waals surface area contributed by atoms with Gasteiger partial charge >= 0.3 is 32.6 Å². The smallest absolute Gasteiger partial charge is 0.362 e. The number of nitrogens with one attached hydrogen (secondary N) is 1. The fraction of sp³-hybridized carbons (Fsp3) is 0.750. The highest BCUT2D eigenvalue weighted by Gasteiger charge is 2.62. The van der Waals surface area contributed by atoms with E-state index in [0.717, 1.165) is 0 Å². The van der Waals surface area contributed by atoms with Gasteiger partial charge in [0.15, 0.2) is 0 Å². The normalized spacial score (nSPS) is 14.1. The second-order valence-corrected chi connectivity index (χ2v) is 4.95. The van der Waals surface area contributed by atoms with E-state index in [1.807, 2.05) is 0 Å². The molecule has 0 spiro atoms. The first-order valence-electron chi connectivity index (χ1n) is 3.27. The van der Waals surface area contributed by atoms with E-state index in [0.29, 0.717) is 0 Å². The van der Waals surface area contributed by atoms with Crippen LogP contribution in [-0.2, 0) is 4.79 Å². The van der Waals surface area contributed by atoms with Gasteiger partial charge in [0.25, 0.3) is 0 Å². The third kappa shape index (κ3) is 4.28. The monoisotopic (exact) mass is 279 g/mol. The predicted molar refractivity (Wildman–Crippen MR) is 33.5 cm³/mol. The molecule has 0 aliphatic carbocycles. The van der Waals surface area contributed by atoms with Crippen LogP contribution in [0.1, 0.15) is 0 Å². The Morgan fingerprint density at radius 1 is 0.812 bits per heavy atom. The summed E-state index contributed by atoms with van der Waals surface area (Å²) < 4.78 is 105. The van der Waals surface area contributed by atoms with Crippen molar-refractivity contribution >= 4 is 14.9 Å². The first-order chi connectivity index (χ1) is 6.76. The third-order valence-corrected chi connectivity index (χ3v) is 3.05. The van der Waals surface area contributed by atoms with E-state index in [1.54, 1.807) is 0 Å². The fourth-order valence-electron chi connectivity index (χ4n) is 0.562. The topological polar surface area (TPSA) is 29.1 Å². The first-order valence-corrected chi connectivity index (χ1v) is 5.00. The Hall–Kier alpha value is -0.943. The third-order valence-electron chi connectivity index (χ3n) is 1.19. The maximum Gasteiger partial charge on any atom is 0.470 e. The highest BCUT2D eigenvalue weighted by Crippen LogP contribution is 2.30. The molecule has 16 heavy (non-hydrogen) atoms. The van der Waals surface area contributed by atoms with Crippen LogP contribution in [0.4, 0.5) is 39.5 Å². The number of carbonyl (C=O) groups is 1. The van der Waals surface area contributed by atoms with E-state index in [9.17, 15) is 44.3 Å². The summed E-state index contributed by atoms with van der Waals surface area (Å²) in [5.41, 5.74) is 0. The van der Waals surface area contributed by atoms with Crippen molar-refractivity contribution in [2.24, 2.45) is 0 Å². The van der Waals surface area contributed by atoms with E-state index in [2.05, 4.69) is 0 Å². The second kappa shape index (κ2) is 4.14. The van der Waals surface area contributed by atoms with E-state index < -0.39 is 32.6 Å². The lowest BCUT2D eigenvalue weighted by molar-refractivity contribution is -0.173. The van der Waals surface area contributed by atoms with Gasteiger partial charge in [-0.25, -0.2) is 0 Å². The minimum Gasteiger partial charge on any atom is -0.362 e. The summed E-state index contributed by atoms with van der Waals surface area (Å²) >= 11 is 0. The van der Waals surface area contributed by atoms with Gasteiger partial charge in [0, 0.05) is 0 Å². The minimum atomic E-state index is -6.09. The van der Waals surface area contributed by atoms with Crippen LogP contribution < -0.4 is 4.98 Å². The van der Waals surface area contributed by atoms with Crippen molar-refractivity contribution in [3.63, 3.8) is 0 Å². The predicted octanol–water partition coefficient (Wildman–Crippen LogP) is 1.59. The Kier molecular flexibility index (Phi) is 3.90. The number of hydrogen-bond acceptors (Lipinski definition) is 1. The lowest BCUT2D eigenvalue weighted by Gasteiger charge is -2.22. The summed E-state index contributed by atoms with van der Waals surface area (Å²) in [6.45, 7) is 0. The summed E-state index contributed by atoms with van der Waals surface area (Å²) in [5.74, 6) is -15.1. The number of carbonyl (C=O) groups excluding carboxylic acids is 1. The summed E-state index contributed by atoms with van der Waals surface area (Å²) in [4.78, 5) is 9.93. The SMILES string of the molecule is O=C(N[SiH](C(F)(F)F)C(F)(F)F)C(F)(F)F. The van der Waals surface area contributed by atoms with Gasteiger partial charge in [0.05, 0.1) is 0 Å². The highest BCUT2D eigenvalue weighted by molar-refractivity contribution is 6.63. The Morgan fingerprint density at radius 3 is 1.31 bits per heavy atom. The van der Waals surface area contributed by atoms with Crippen molar-refractivity contribution in [1.82, 2.24) is 4.98 Å². The summed E-state index contributed by atoms with van der Waals surface area (Å²) in [6, 6.07) is 0. The Labute approximate surface area is 83.1 Å². The maximum atomic E-state index is 11.7. The van der Waals surface area contributed by atoms with Gasteiger partial charge < -0.3 is 4.98 Å². The van der Waals surface area contributed by atoms with E-state index in [1.165, 1.54) is 0 Å². The van der Waals surface area contributed by atoms with Crippen LogP contribution >= 0.6 is 0 Å². The molecule has 0 atom stereocenters. The van der Waals surface area contributed by atoms with Crippen molar-refractivity contribution < 1.29 is 44.3 Å². The van der Waals surface area contributed by atoms with Gasteiger partial charge in [-0.1, -0.05) is 0 Å². The Bertz CT molecular complexity index is 250. The zero-order chi connectivity index (χ0) is 13.4. The average Bonchev–Trinajstić information content (AvgIpc) is 1.92. The molecule has 0 fully saturated rings. The molecule has 0 unspecified atom stereocenters. The van der Waals surface area contributed by atoms with Crippen molar-refractivity contribution in [2.75, 3.05) is 0 Å². The minimum absolute atomic E-state index is 0.0382. The molecule has 0 saturated carbocycles. The number of alkyl halides is 9. The van der Waals surface area contributed by atoms with Crippen LogP contribution in [0.15, 0.2) is 0 Å². The Balaban J connectivity index is 4.93. The zero-order valence-corrected chi connectivity index (χ0v) is 8.04. The van der Waals surface area contributed by atoms with Crippen LogP contribution in [-0.4, -0.2) is 32.6 Å².